The van der Waals surface area contributed by atoms with Crippen LogP contribution >= 0.6 is 0 Å². The van der Waals surface area contributed by atoms with Gasteiger partial charge in [0, 0.05) is 11.8 Å². The van der Waals surface area contributed by atoms with E-state index in [0.29, 0.717) is 5.69 Å². The van der Waals surface area contributed by atoms with Gasteiger partial charge in [-0.3, -0.25) is 14.5 Å². The number of carbonyl (C=O) groups is 2. The molecule has 1 aromatic rings. The third kappa shape index (κ3) is 2.11. The molecule has 0 bridgehead atoms. The quantitative estimate of drug-likeness (QED) is 0.833. The van der Waals surface area contributed by atoms with Crippen molar-refractivity contribution in [2.75, 3.05) is 4.90 Å². The molecule has 0 saturated carbocycles. The average Bonchev–Trinajstić information content (AvgIpc) is 2.55. The van der Waals surface area contributed by atoms with Gasteiger partial charge in [0.1, 0.15) is 5.75 Å². The summed E-state index contributed by atoms with van der Waals surface area (Å²) in [7, 11) is 0. The zero-order chi connectivity index (χ0) is 14.3. The normalized spacial score (nSPS) is 23.5. The fourth-order valence-electron chi connectivity index (χ4n) is 2.34. The maximum absolute atomic E-state index is 12.1. The second-order valence-corrected chi connectivity index (χ2v) is 5.49. The van der Waals surface area contributed by atoms with Crippen molar-refractivity contribution >= 4 is 17.5 Å². The van der Waals surface area contributed by atoms with E-state index in [0.717, 1.165) is 5.56 Å². The highest BCUT2D eigenvalue weighted by molar-refractivity contribution is 6.21. The first-order valence-corrected chi connectivity index (χ1v) is 6.55. The molecule has 2 rings (SSSR count). The molecule has 0 aromatic heterocycles. The third-order valence-electron chi connectivity index (χ3n) is 3.86. The lowest BCUT2D eigenvalue weighted by Gasteiger charge is -2.17. The van der Waals surface area contributed by atoms with Crippen LogP contribution in [0.2, 0.25) is 0 Å². The number of anilines is 1. The van der Waals surface area contributed by atoms with Crippen molar-refractivity contribution in [1.29, 1.82) is 0 Å². The van der Waals surface area contributed by atoms with Crippen molar-refractivity contribution < 1.29 is 14.7 Å². The summed E-state index contributed by atoms with van der Waals surface area (Å²) >= 11 is 0. The van der Waals surface area contributed by atoms with Crippen molar-refractivity contribution in [3.8, 4) is 5.75 Å². The Labute approximate surface area is 113 Å². The van der Waals surface area contributed by atoms with Crippen LogP contribution in [0.4, 0.5) is 5.69 Å². The molecule has 4 heteroatoms. The van der Waals surface area contributed by atoms with E-state index in [1.54, 1.807) is 32.0 Å². The second kappa shape index (κ2) is 4.68. The Morgan fingerprint density at radius 1 is 1.11 bits per heavy atom. The molecule has 0 aliphatic carbocycles. The third-order valence-corrected chi connectivity index (χ3v) is 3.86. The SMILES string of the molecule is CC(C)c1cc(N2C(=O)C(C)C(C)C2=O)ccc1O. The van der Waals surface area contributed by atoms with Crippen molar-refractivity contribution in [2.45, 2.75) is 33.6 Å². The first-order chi connectivity index (χ1) is 8.84. The molecule has 4 nitrogen and oxygen atoms in total. The summed E-state index contributed by atoms with van der Waals surface area (Å²) in [6, 6.07) is 4.88. The van der Waals surface area contributed by atoms with Crippen molar-refractivity contribution in [3.63, 3.8) is 0 Å². The van der Waals surface area contributed by atoms with Gasteiger partial charge in [-0.15, -0.1) is 0 Å². The van der Waals surface area contributed by atoms with Crippen LogP contribution < -0.4 is 4.90 Å². The van der Waals surface area contributed by atoms with Crippen LogP contribution in [0.1, 0.15) is 39.2 Å². The van der Waals surface area contributed by atoms with Gasteiger partial charge in [-0.1, -0.05) is 27.7 Å². The van der Waals surface area contributed by atoms with Crippen LogP contribution in [0.15, 0.2) is 18.2 Å². The van der Waals surface area contributed by atoms with Gasteiger partial charge in [-0.25, -0.2) is 0 Å². The molecule has 0 spiro atoms. The number of phenols is 1. The average molecular weight is 261 g/mol. The molecular formula is C15H19NO3. The van der Waals surface area contributed by atoms with E-state index in [1.807, 2.05) is 13.8 Å². The van der Waals surface area contributed by atoms with Gasteiger partial charge in [0.05, 0.1) is 5.69 Å². The van der Waals surface area contributed by atoms with Crippen molar-refractivity contribution in [1.82, 2.24) is 0 Å². The van der Waals surface area contributed by atoms with E-state index >= 15 is 0 Å². The lowest BCUT2D eigenvalue weighted by atomic mass is 10.00. The topological polar surface area (TPSA) is 57.6 Å². The molecule has 2 amide bonds. The second-order valence-electron chi connectivity index (χ2n) is 5.49. The molecule has 1 aromatic carbocycles. The number of amides is 2. The number of aromatic hydroxyl groups is 1. The highest BCUT2D eigenvalue weighted by Crippen LogP contribution is 2.34. The number of benzene rings is 1. The number of hydrogen-bond donors (Lipinski definition) is 1. The lowest BCUT2D eigenvalue weighted by molar-refractivity contribution is -0.122. The van der Waals surface area contributed by atoms with Crippen LogP contribution in [0, 0.1) is 11.8 Å². The van der Waals surface area contributed by atoms with Crippen LogP contribution in [-0.4, -0.2) is 16.9 Å². The van der Waals surface area contributed by atoms with Gasteiger partial charge < -0.3 is 5.11 Å². The van der Waals surface area contributed by atoms with Gasteiger partial charge >= 0.3 is 0 Å². The number of phenolic OH excluding ortho intramolecular Hbond substituents is 1. The van der Waals surface area contributed by atoms with Gasteiger partial charge in [-0.2, -0.15) is 0 Å². The molecule has 1 aliphatic rings. The summed E-state index contributed by atoms with van der Waals surface area (Å²) in [4.78, 5) is 25.5. The summed E-state index contributed by atoms with van der Waals surface area (Å²) in [6.07, 6.45) is 0. The number of rotatable bonds is 2. The van der Waals surface area contributed by atoms with Crippen LogP contribution in [0.3, 0.4) is 0 Å². The molecule has 2 atom stereocenters. The highest BCUT2D eigenvalue weighted by Gasteiger charge is 2.43. The van der Waals surface area contributed by atoms with Crippen LogP contribution in [-0.2, 0) is 9.59 Å². The summed E-state index contributed by atoms with van der Waals surface area (Å²) in [5, 5.41) is 9.80. The van der Waals surface area contributed by atoms with E-state index in [-0.39, 0.29) is 35.3 Å². The first-order valence-electron chi connectivity index (χ1n) is 6.55. The number of nitrogens with zero attached hydrogens (tertiary/aromatic N) is 1. The van der Waals surface area contributed by atoms with Crippen molar-refractivity contribution in [2.24, 2.45) is 11.8 Å². The molecule has 1 aliphatic heterocycles. The van der Waals surface area contributed by atoms with Crippen LogP contribution in [0.25, 0.3) is 0 Å². The monoisotopic (exact) mass is 261 g/mol. The highest BCUT2D eigenvalue weighted by atomic mass is 16.3. The lowest BCUT2D eigenvalue weighted by Crippen LogP contribution is -2.30. The maximum Gasteiger partial charge on any atom is 0.237 e. The molecule has 1 saturated heterocycles. The van der Waals surface area contributed by atoms with E-state index < -0.39 is 0 Å². The fourth-order valence-corrected chi connectivity index (χ4v) is 2.34. The zero-order valence-electron chi connectivity index (χ0n) is 11.7. The van der Waals surface area contributed by atoms with Gasteiger partial charge in [0.2, 0.25) is 11.8 Å². The number of imide groups is 1. The van der Waals surface area contributed by atoms with Gasteiger partial charge in [-0.05, 0) is 29.7 Å². The number of hydrogen-bond acceptors (Lipinski definition) is 3. The molecule has 2 unspecified atom stereocenters. The molecule has 0 radical (unpaired) electrons. The molecule has 1 fully saturated rings. The van der Waals surface area contributed by atoms with E-state index in [9.17, 15) is 14.7 Å². The Morgan fingerprint density at radius 3 is 2.11 bits per heavy atom. The minimum absolute atomic E-state index is 0.127. The summed E-state index contributed by atoms with van der Waals surface area (Å²) in [5.74, 6) is -0.593. The Balaban J connectivity index is 2.46. The fraction of sp³-hybridized carbons (Fsp3) is 0.467. The summed E-state index contributed by atoms with van der Waals surface area (Å²) < 4.78 is 0. The summed E-state index contributed by atoms with van der Waals surface area (Å²) in [6.45, 7) is 7.46. The largest absolute Gasteiger partial charge is 0.508 e. The number of carbonyl (C=O) groups excluding carboxylic acids is 2. The summed E-state index contributed by atoms with van der Waals surface area (Å²) in [5.41, 5.74) is 1.29. The molecule has 19 heavy (non-hydrogen) atoms. The smallest absolute Gasteiger partial charge is 0.237 e. The Bertz CT molecular complexity index is 516. The van der Waals surface area contributed by atoms with Crippen LogP contribution in [0.5, 0.6) is 5.75 Å². The molecular weight excluding hydrogens is 242 g/mol. The standard InChI is InChI=1S/C15H19NO3/c1-8(2)12-7-11(5-6-13(12)17)16-14(18)9(3)10(4)15(16)19/h5-10,17H,1-4H3. The van der Waals surface area contributed by atoms with Gasteiger partial charge in [0.15, 0.2) is 0 Å². The predicted octanol–water partition coefficient (Wildman–Crippen LogP) is 2.66. The van der Waals surface area contributed by atoms with E-state index in [2.05, 4.69) is 0 Å². The Morgan fingerprint density at radius 2 is 1.63 bits per heavy atom. The maximum atomic E-state index is 12.1. The molecule has 1 heterocycles. The predicted molar refractivity (Wildman–Crippen MR) is 73.0 cm³/mol. The van der Waals surface area contributed by atoms with E-state index in [4.69, 9.17) is 0 Å². The molecule has 1 N–H and O–H groups in total. The minimum Gasteiger partial charge on any atom is -0.508 e. The Kier molecular flexibility index (Phi) is 3.35. The van der Waals surface area contributed by atoms with E-state index in [1.165, 1.54) is 4.90 Å². The Hall–Kier alpha value is -1.84. The van der Waals surface area contributed by atoms with Gasteiger partial charge in [0.25, 0.3) is 0 Å². The zero-order valence-corrected chi connectivity index (χ0v) is 11.7. The van der Waals surface area contributed by atoms with Crippen molar-refractivity contribution in [3.05, 3.63) is 23.8 Å². The first kappa shape index (κ1) is 13.6. The molecule has 102 valence electrons. The minimum atomic E-state index is -0.288.